The number of carbonyl (C=O) groups is 1. The Balaban J connectivity index is 1.08. The second-order valence-corrected chi connectivity index (χ2v) is 10.4. The van der Waals surface area contributed by atoms with E-state index in [0.29, 0.717) is 17.9 Å². The van der Waals surface area contributed by atoms with Crippen molar-refractivity contribution in [2.75, 3.05) is 13.2 Å². The number of benzene rings is 3. The van der Waals surface area contributed by atoms with Gasteiger partial charge in [-0.3, -0.25) is 15.1 Å². The Morgan fingerprint density at radius 3 is 2.58 bits per heavy atom. The number of hydrogen-bond donors (Lipinski definition) is 4. The van der Waals surface area contributed by atoms with Gasteiger partial charge in [0, 0.05) is 17.0 Å². The Bertz CT molecular complexity index is 1390. The fourth-order valence-electron chi connectivity index (χ4n) is 5.09. The van der Waals surface area contributed by atoms with Crippen LogP contribution in [0.5, 0.6) is 5.75 Å². The summed E-state index contributed by atoms with van der Waals surface area (Å²) in [4.78, 5) is 13.2. The van der Waals surface area contributed by atoms with Crippen LogP contribution in [0, 0.1) is 0 Å². The van der Waals surface area contributed by atoms with Gasteiger partial charge in [-0.2, -0.15) is 0 Å². The second kappa shape index (κ2) is 10.2. The number of amides is 1. The van der Waals surface area contributed by atoms with Gasteiger partial charge >= 0.3 is 0 Å². The van der Waals surface area contributed by atoms with Crippen LogP contribution in [0.15, 0.2) is 103 Å². The summed E-state index contributed by atoms with van der Waals surface area (Å²) in [5.41, 5.74) is 7.77. The molecule has 1 aliphatic carbocycles. The van der Waals surface area contributed by atoms with Crippen LogP contribution < -0.4 is 26.1 Å². The van der Waals surface area contributed by atoms with Crippen molar-refractivity contribution < 1.29 is 9.53 Å². The average Bonchev–Trinajstić information content (AvgIpc) is 3.60. The maximum absolute atomic E-state index is 13.2. The molecule has 0 radical (unpaired) electrons. The molecule has 3 aromatic carbocycles. The van der Waals surface area contributed by atoms with E-state index in [2.05, 4.69) is 46.2 Å². The molecule has 7 nitrogen and oxygen atoms in total. The van der Waals surface area contributed by atoms with Gasteiger partial charge < -0.3 is 15.4 Å². The molecule has 2 aliphatic heterocycles. The summed E-state index contributed by atoms with van der Waals surface area (Å²) in [6.45, 7) is 5.01. The number of rotatable bonds is 8. The highest BCUT2D eigenvalue weighted by Gasteiger charge is 2.45. The lowest BCUT2D eigenvalue weighted by atomic mass is 9.95. The molecule has 3 aliphatic rings. The average molecular weight is 528 g/mol. The molecule has 38 heavy (non-hydrogen) atoms. The Morgan fingerprint density at radius 1 is 1.05 bits per heavy atom. The maximum Gasteiger partial charge on any atom is 0.255 e. The molecule has 194 valence electrons. The molecule has 2 unspecified atom stereocenters. The van der Waals surface area contributed by atoms with Gasteiger partial charge in [0.05, 0.1) is 17.0 Å². The molecule has 8 heteroatoms. The van der Waals surface area contributed by atoms with Crippen LogP contribution in [0.25, 0.3) is 0 Å². The molecule has 0 bridgehead atoms. The third kappa shape index (κ3) is 4.88. The maximum atomic E-state index is 13.2. The van der Waals surface area contributed by atoms with E-state index < -0.39 is 0 Å². The number of para-hydroxylation sites is 1. The monoisotopic (exact) mass is 527 g/mol. The first-order chi connectivity index (χ1) is 18.5. The molecule has 2 heterocycles. The SMILES string of the molecule is C=C1C=C(COc2ccccc2C(=O)NCC2(c3ccccc3Cl)CC2)NC2NC(c3ccccc3)NN12. The minimum atomic E-state index is -0.172. The summed E-state index contributed by atoms with van der Waals surface area (Å²) < 4.78 is 6.14. The number of allylic oxidation sites excluding steroid dienone is 1. The molecule has 4 N–H and O–H groups in total. The molecule has 0 spiro atoms. The molecule has 2 fully saturated rings. The van der Waals surface area contributed by atoms with Gasteiger partial charge in [-0.1, -0.05) is 78.8 Å². The number of nitrogens with zero attached hydrogens (tertiary/aromatic N) is 1. The van der Waals surface area contributed by atoms with Crippen LogP contribution in [0.2, 0.25) is 5.02 Å². The lowest BCUT2D eigenvalue weighted by molar-refractivity contribution is 0.0945. The van der Waals surface area contributed by atoms with Gasteiger partial charge in [0.2, 0.25) is 0 Å². The zero-order valence-electron chi connectivity index (χ0n) is 20.9. The summed E-state index contributed by atoms with van der Waals surface area (Å²) in [6.07, 6.45) is 3.75. The topological polar surface area (TPSA) is 77.7 Å². The van der Waals surface area contributed by atoms with E-state index in [-0.39, 0.29) is 30.4 Å². The van der Waals surface area contributed by atoms with Crippen LogP contribution in [0.4, 0.5) is 0 Å². The highest BCUT2D eigenvalue weighted by Crippen LogP contribution is 2.50. The molecule has 6 rings (SSSR count). The van der Waals surface area contributed by atoms with Gasteiger partial charge in [0.1, 0.15) is 18.5 Å². The van der Waals surface area contributed by atoms with Crippen LogP contribution in [0.3, 0.4) is 0 Å². The predicted octanol–water partition coefficient (Wildman–Crippen LogP) is 4.57. The summed E-state index contributed by atoms with van der Waals surface area (Å²) in [6, 6.07) is 25.4. The summed E-state index contributed by atoms with van der Waals surface area (Å²) in [5.74, 6) is 0.371. The standard InChI is InChI=1S/C30H30ClN5O2/c1-20-17-22(33-29-34-27(35-36(20)29)21-9-3-2-4-10-21)18-38-26-14-8-5-11-23(26)28(37)32-19-30(15-16-30)24-12-6-7-13-25(24)31/h2-14,17,27,29,33-35H,1,15-16,18-19H2,(H,32,37). The van der Waals surface area contributed by atoms with E-state index in [1.165, 1.54) is 0 Å². The Hall–Kier alpha value is -3.78. The van der Waals surface area contributed by atoms with Crippen molar-refractivity contribution in [1.82, 2.24) is 26.4 Å². The molecule has 1 saturated heterocycles. The lowest BCUT2D eigenvalue weighted by Gasteiger charge is -2.32. The van der Waals surface area contributed by atoms with E-state index in [4.69, 9.17) is 16.3 Å². The van der Waals surface area contributed by atoms with Gasteiger partial charge in [-0.15, -0.1) is 0 Å². The summed E-state index contributed by atoms with van der Waals surface area (Å²) >= 11 is 6.44. The van der Waals surface area contributed by atoms with E-state index in [0.717, 1.165) is 40.4 Å². The fraction of sp³-hybridized carbons (Fsp3) is 0.233. The van der Waals surface area contributed by atoms with Crippen LogP contribution in [-0.4, -0.2) is 30.4 Å². The van der Waals surface area contributed by atoms with Crippen molar-refractivity contribution in [3.05, 3.63) is 125 Å². The summed E-state index contributed by atoms with van der Waals surface area (Å²) in [5, 5.41) is 12.8. The second-order valence-electron chi connectivity index (χ2n) is 9.94. The van der Waals surface area contributed by atoms with Crippen LogP contribution in [-0.2, 0) is 5.41 Å². The number of halogens is 1. The third-order valence-electron chi connectivity index (χ3n) is 7.36. The van der Waals surface area contributed by atoms with Crippen molar-refractivity contribution in [1.29, 1.82) is 0 Å². The van der Waals surface area contributed by atoms with Crippen molar-refractivity contribution >= 4 is 17.5 Å². The minimum absolute atomic E-state index is 0.0379. The van der Waals surface area contributed by atoms with Gasteiger partial charge in [0.15, 0.2) is 6.29 Å². The van der Waals surface area contributed by atoms with Gasteiger partial charge in [0.25, 0.3) is 5.91 Å². The first kappa shape index (κ1) is 24.6. The Morgan fingerprint density at radius 2 is 1.79 bits per heavy atom. The first-order valence-electron chi connectivity index (χ1n) is 12.8. The molecule has 1 amide bonds. The van der Waals surface area contributed by atoms with E-state index in [9.17, 15) is 4.79 Å². The van der Waals surface area contributed by atoms with Gasteiger partial charge in [-0.05, 0) is 48.2 Å². The zero-order valence-corrected chi connectivity index (χ0v) is 21.7. The predicted molar refractivity (Wildman–Crippen MR) is 148 cm³/mol. The first-order valence-corrected chi connectivity index (χ1v) is 13.2. The van der Waals surface area contributed by atoms with Crippen molar-refractivity contribution in [3.63, 3.8) is 0 Å². The highest BCUT2D eigenvalue weighted by molar-refractivity contribution is 6.31. The number of hydrogen-bond acceptors (Lipinski definition) is 6. The van der Waals surface area contributed by atoms with E-state index >= 15 is 0 Å². The van der Waals surface area contributed by atoms with Crippen LogP contribution >= 0.6 is 11.6 Å². The van der Waals surface area contributed by atoms with Crippen LogP contribution in [0.1, 0.15) is 40.5 Å². The molecular weight excluding hydrogens is 498 g/mol. The van der Waals surface area contributed by atoms with Crippen molar-refractivity contribution in [2.24, 2.45) is 0 Å². The largest absolute Gasteiger partial charge is 0.487 e. The fourth-order valence-corrected chi connectivity index (χ4v) is 5.43. The normalized spacial score (nSPS) is 21.2. The van der Waals surface area contributed by atoms with Gasteiger partial charge in [-0.25, -0.2) is 5.43 Å². The van der Waals surface area contributed by atoms with E-state index in [1.807, 2.05) is 65.7 Å². The van der Waals surface area contributed by atoms with Crippen molar-refractivity contribution in [3.8, 4) is 5.75 Å². The number of carbonyl (C=O) groups excluding carboxylic acids is 1. The van der Waals surface area contributed by atoms with Crippen molar-refractivity contribution in [2.45, 2.75) is 30.7 Å². The van der Waals surface area contributed by atoms with E-state index in [1.54, 1.807) is 6.07 Å². The molecule has 2 atom stereocenters. The molecule has 3 aromatic rings. The Kier molecular flexibility index (Phi) is 6.57. The Labute approximate surface area is 227 Å². The zero-order chi connectivity index (χ0) is 26.1. The quantitative estimate of drug-likeness (QED) is 0.344. The smallest absolute Gasteiger partial charge is 0.255 e. The lowest BCUT2D eigenvalue weighted by Crippen LogP contribution is -2.51. The summed E-state index contributed by atoms with van der Waals surface area (Å²) in [7, 11) is 0. The molecule has 0 aromatic heterocycles. The number of ether oxygens (including phenoxy) is 1. The number of fused-ring (bicyclic) bond motifs is 1. The highest BCUT2D eigenvalue weighted by atomic mass is 35.5. The third-order valence-corrected chi connectivity index (χ3v) is 7.69. The molecule has 1 saturated carbocycles. The minimum Gasteiger partial charge on any atom is -0.487 e. The number of hydrazine groups is 1. The number of nitrogens with one attached hydrogen (secondary N) is 4. The molecular formula is C30H30ClN5O2.